The van der Waals surface area contributed by atoms with Crippen molar-refractivity contribution in [2.75, 3.05) is 11.9 Å². The molecular formula is C18H19IN2. The molecule has 1 aliphatic rings. The van der Waals surface area contributed by atoms with Crippen LogP contribution < -0.4 is 33.4 Å². The van der Waals surface area contributed by atoms with E-state index in [4.69, 9.17) is 0 Å². The topological polar surface area (TPSA) is 7.12 Å². The van der Waals surface area contributed by atoms with Gasteiger partial charge in [0.05, 0.1) is 5.69 Å². The third kappa shape index (κ3) is 3.02. The molecule has 2 heterocycles. The molecule has 1 aliphatic heterocycles. The van der Waals surface area contributed by atoms with Crippen LogP contribution in [-0.2, 0) is 7.05 Å². The second-order valence-corrected chi connectivity index (χ2v) is 5.21. The number of anilines is 1. The minimum atomic E-state index is 0. The first-order valence-corrected chi connectivity index (χ1v) is 6.84. The third-order valence-corrected chi connectivity index (χ3v) is 3.82. The summed E-state index contributed by atoms with van der Waals surface area (Å²) in [5.74, 6) is 0. The van der Waals surface area contributed by atoms with Crippen molar-refractivity contribution in [1.29, 1.82) is 0 Å². The fourth-order valence-electron chi connectivity index (χ4n) is 2.67. The summed E-state index contributed by atoms with van der Waals surface area (Å²) in [6.45, 7) is 2.16. The monoisotopic (exact) mass is 390 g/mol. The molecule has 2 aromatic rings. The van der Waals surface area contributed by atoms with Gasteiger partial charge in [0.25, 0.3) is 0 Å². The van der Waals surface area contributed by atoms with Gasteiger partial charge in [-0.15, -0.1) is 0 Å². The largest absolute Gasteiger partial charge is 1.00 e. The number of aromatic nitrogens is 1. The molecule has 0 aliphatic carbocycles. The summed E-state index contributed by atoms with van der Waals surface area (Å²) in [4.78, 5) is 2.26. The minimum Gasteiger partial charge on any atom is -1.00 e. The van der Waals surface area contributed by atoms with E-state index in [9.17, 15) is 0 Å². The van der Waals surface area contributed by atoms with Crippen LogP contribution in [0.1, 0.15) is 16.8 Å². The number of rotatable bonds is 1. The Morgan fingerprint density at radius 1 is 1.05 bits per heavy atom. The summed E-state index contributed by atoms with van der Waals surface area (Å²) in [5, 5.41) is 0. The molecule has 0 N–H and O–H groups in total. The Morgan fingerprint density at radius 3 is 2.62 bits per heavy atom. The molecule has 3 rings (SSSR count). The Balaban J connectivity index is 0.00000161. The maximum Gasteiger partial charge on any atom is 0.207 e. The molecule has 1 aromatic carbocycles. The van der Waals surface area contributed by atoms with E-state index in [2.05, 4.69) is 85.2 Å². The summed E-state index contributed by atoms with van der Waals surface area (Å²) < 4.78 is 2.13. The third-order valence-electron chi connectivity index (χ3n) is 3.82. The summed E-state index contributed by atoms with van der Waals surface area (Å²) in [6.07, 6.45) is 8.65. The van der Waals surface area contributed by atoms with Crippen LogP contribution in [0.15, 0.2) is 54.4 Å². The van der Waals surface area contributed by atoms with Crippen molar-refractivity contribution in [2.24, 2.45) is 7.05 Å². The number of halogens is 1. The Morgan fingerprint density at radius 2 is 1.86 bits per heavy atom. The fourth-order valence-corrected chi connectivity index (χ4v) is 2.67. The number of fused-ring (bicyclic) bond motifs is 1. The van der Waals surface area contributed by atoms with E-state index in [0.29, 0.717) is 0 Å². The molecule has 0 unspecified atom stereocenters. The van der Waals surface area contributed by atoms with Crippen LogP contribution in [0.2, 0.25) is 0 Å². The van der Waals surface area contributed by atoms with E-state index in [0.717, 1.165) is 0 Å². The lowest BCUT2D eigenvalue weighted by molar-refractivity contribution is -0.673. The number of benzene rings is 1. The molecule has 0 saturated heterocycles. The van der Waals surface area contributed by atoms with Crippen LogP contribution in [0.4, 0.5) is 5.69 Å². The maximum absolute atomic E-state index is 2.26. The molecule has 0 spiro atoms. The highest BCUT2D eigenvalue weighted by molar-refractivity contribution is 5.81. The Kier molecular flexibility index (Phi) is 4.83. The van der Waals surface area contributed by atoms with Crippen molar-refractivity contribution in [1.82, 2.24) is 0 Å². The van der Waals surface area contributed by atoms with Gasteiger partial charge >= 0.3 is 0 Å². The molecule has 1 aromatic heterocycles. The molecule has 108 valence electrons. The summed E-state index contributed by atoms with van der Waals surface area (Å²) in [7, 11) is 4.20. The summed E-state index contributed by atoms with van der Waals surface area (Å²) in [5.41, 5.74) is 6.27. The predicted octanol–water partition coefficient (Wildman–Crippen LogP) is 0.328. The number of hydrogen-bond donors (Lipinski definition) is 0. The minimum absolute atomic E-state index is 0. The van der Waals surface area contributed by atoms with Gasteiger partial charge in [-0.25, -0.2) is 4.57 Å². The van der Waals surface area contributed by atoms with Crippen LogP contribution in [0, 0.1) is 6.92 Å². The smallest absolute Gasteiger partial charge is 0.207 e. The van der Waals surface area contributed by atoms with Gasteiger partial charge in [0.1, 0.15) is 7.05 Å². The zero-order valence-corrected chi connectivity index (χ0v) is 14.7. The predicted molar refractivity (Wildman–Crippen MR) is 84.2 cm³/mol. The first-order valence-electron chi connectivity index (χ1n) is 6.84. The Labute approximate surface area is 143 Å². The number of hydrogen-bond acceptors (Lipinski definition) is 1. The van der Waals surface area contributed by atoms with Crippen LogP contribution in [0.3, 0.4) is 0 Å². The van der Waals surface area contributed by atoms with E-state index >= 15 is 0 Å². The van der Waals surface area contributed by atoms with Crippen molar-refractivity contribution in [2.45, 2.75) is 6.92 Å². The molecule has 0 saturated carbocycles. The Hall–Kier alpha value is -1.62. The number of nitrogens with zero attached hydrogens (tertiary/aromatic N) is 2. The van der Waals surface area contributed by atoms with Gasteiger partial charge in [0.15, 0.2) is 6.20 Å². The number of aryl methyl sites for hydroxylation is 2. The van der Waals surface area contributed by atoms with Crippen molar-refractivity contribution in [3.63, 3.8) is 0 Å². The van der Waals surface area contributed by atoms with Gasteiger partial charge in [-0.2, -0.15) is 0 Å². The van der Waals surface area contributed by atoms with Crippen molar-refractivity contribution in [3.8, 4) is 0 Å². The van der Waals surface area contributed by atoms with E-state index in [1.807, 2.05) is 6.07 Å². The van der Waals surface area contributed by atoms with Crippen LogP contribution >= 0.6 is 0 Å². The highest BCUT2D eigenvalue weighted by Crippen LogP contribution is 2.32. The van der Waals surface area contributed by atoms with E-state index in [1.54, 1.807) is 0 Å². The Bertz CT molecular complexity index is 717. The van der Waals surface area contributed by atoms with E-state index in [1.165, 1.54) is 28.2 Å². The lowest BCUT2D eigenvalue weighted by Crippen LogP contribution is -3.00. The number of allylic oxidation sites excluding steroid dienone is 1. The van der Waals surface area contributed by atoms with Gasteiger partial charge in [-0.1, -0.05) is 24.3 Å². The van der Waals surface area contributed by atoms with Crippen LogP contribution in [0.5, 0.6) is 0 Å². The van der Waals surface area contributed by atoms with Crippen molar-refractivity contribution >= 4 is 17.8 Å². The molecular weight excluding hydrogens is 371 g/mol. The zero-order valence-electron chi connectivity index (χ0n) is 12.5. The first-order chi connectivity index (χ1) is 9.66. The summed E-state index contributed by atoms with van der Waals surface area (Å²) >= 11 is 0. The number of pyridine rings is 1. The van der Waals surface area contributed by atoms with Gasteiger partial charge in [0, 0.05) is 31.0 Å². The van der Waals surface area contributed by atoms with Gasteiger partial charge in [-0.3, -0.25) is 0 Å². The van der Waals surface area contributed by atoms with E-state index in [-0.39, 0.29) is 24.0 Å². The van der Waals surface area contributed by atoms with Crippen LogP contribution in [-0.4, -0.2) is 7.05 Å². The number of likely N-dealkylation sites (N-methyl/N-ethyl adjacent to an activating group) is 1. The molecule has 0 bridgehead atoms. The molecule has 0 fully saturated rings. The lowest BCUT2D eigenvalue weighted by atomic mass is 10.0. The molecule has 0 amide bonds. The van der Waals surface area contributed by atoms with Crippen molar-refractivity contribution < 1.29 is 28.5 Å². The van der Waals surface area contributed by atoms with Gasteiger partial charge < -0.3 is 28.9 Å². The van der Waals surface area contributed by atoms with Gasteiger partial charge in [-0.05, 0) is 30.2 Å². The quantitative estimate of drug-likeness (QED) is 0.503. The number of para-hydroxylation sites is 1. The van der Waals surface area contributed by atoms with Crippen molar-refractivity contribution in [3.05, 3.63) is 71.2 Å². The fraction of sp³-hybridized carbons (Fsp3) is 0.167. The highest BCUT2D eigenvalue weighted by Gasteiger charge is 2.16. The average Bonchev–Trinajstić information content (AvgIpc) is 2.44. The van der Waals surface area contributed by atoms with E-state index < -0.39 is 0 Å². The summed E-state index contributed by atoms with van der Waals surface area (Å²) in [6, 6.07) is 12.7. The SMILES string of the molecule is Cc1cccc2c1N(C)/C(=C/c1cccc[n+]1C)C=C2.[I-]. The maximum atomic E-state index is 2.26. The normalized spacial score (nSPS) is 14.8. The van der Waals surface area contributed by atoms with Gasteiger partial charge in [0.2, 0.25) is 5.69 Å². The molecule has 21 heavy (non-hydrogen) atoms. The highest BCUT2D eigenvalue weighted by atomic mass is 127. The molecule has 3 heteroatoms. The molecule has 2 nitrogen and oxygen atoms in total. The van der Waals surface area contributed by atoms with Crippen LogP contribution in [0.25, 0.3) is 12.2 Å². The first kappa shape index (κ1) is 15.8. The zero-order chi connectivity index (χ0) is 14.1. The second-order valence-electron chi connectivity index (χ2n) is 5.21. The standard InChI is InChI=1S/C18H19N2.HI/c1-14-7-6-8-15-10-11-17(20(3)18(14)15)13-16-9-4-5-12-19(16)2;/h4-13H,1-3H3;1H/q+1;/p-1. The lowest BCUT2D eigenvalue weighted by Gasteiger charge is -2.27. The average molecular weight is 390 g/mol. The second kappa shape index (κ2) is 6.43. The molecule has 0 atom stereocenters. The molecule has 0 radical (unpaired) electrons.